The Morgan fingerprint density at radius 3 is 2.56 bits per heavy atom. The largest absolute Gasteiger partial charge is 0.306 e. The van der Waals surface area contributed by atoms with Crippen molar-refractivity contribution in [3.8, 4) is 6.07 Å². The average molecular weight is 240 g/mol. The van der Waals surface area contributed by atoms with E-state index in [4.69, 9.17) is 0 Å². The van der Waals surface area contributed by atoms with Crippen LogP contribution in [0.4, 0.5) is 0 Å². The molecule has 3 unspecified atom stereocenters. The maximum atomic E-state index is 9.18. The molecule has 2 aliphatic carbocycles. The molecule has 0 saturated heterocycles. The van der Waals surface area contributed by atoms with Crippen LogP contribution in [0.15, 0.2) is 30.3 Å². The van der Waals surface area contributed by atoms with Crippen LogP contribution < -0.4 is 5.32 Å². The average Bonchev–Trinajstić information content (AvgIpc) is 3.16. The van der Waals surface area contributed by atoms with E-state index in [1.807, 2.05) is 0 Å². The summed E-state index contributed by atoms with van der Waals surface area (Å²) in [4.78, 5) is 0. The molecule has 0 radical (unpaired) electrons. The van der Waals surface area contributed by atoms with Crippen LogP contribution in [0.3, 0.4) is 0 Å². The second kappa shape index (κ2) is 5.12. The number of benzene rings is 1. The highest BCUT2D eigenvalue weighted by Crippen LogP contribution is 2.42. The topological polar surface area (TPSA) is 35.8 Å². The third-order valence-electron chi connectivity index (χ3n) is 4.33. The molecular formula is C16H20N2. The minimum atomic E-state index is 0.218. The Balaban J connectivity index is 1.73. The molecule has 94 valence electrons. The molecule has 0 heterocycles. The second-order valence-electron chi connectivity index (χ2n) is 5.67. The molecule has 0 bridgehead atoms. The highest BCUT2D eigenvalue weighted by Gasteiger charge is 2.36. The van der Waals surface area contributed by atoms with Crippen LogP contribution in [-0.4, -0.2) is 6.04 Å². The summed E-state index contributed by atoms with van der Waals surface area (Å²) in [6.45, 7) is 0. The van der Waals surface area contributed by atoms with Gasteiger partial charge in [-0.25, -0.2) is 0 Å². The zero-order valence-corrected chi connectivity index (χ0v) is 10.7. The van der Waals surface area contributed by atoms with Crippen molar-refractivity contribution < 1.29 is 0 Å². The Labute approximate surface area is 109 Å². The molecule has 1 aromatic rings. The molecule has 0 amide bonds. The van der Waals surface area contributed by atoms with Gasteiger partial charge in [-0.3, -0.25) is 0 Å². The number of nitrogens with one attached hydrogen (secondary N) is 1. The van der Waals surface area contributed by atoms with Crippen molar-refractivity contribution >= 4 is 0 Å². The van der Waals surface area contributed by atoms with Crippen LogP contribution in [0.2, 0.25) is 0 Å². The monoisotopic (exact) mass is 240 g/mol. The molecule has 18 heavy (non-hydrogen) atoms. The fraction of sp³-hybridized carbons (Fsp3) is 0.562. The van der Waals surface area contributed by atoms with Gasteiger partial charge in [-0.05, 0) is 37.2 Å². The summed E-state index contributed by atoms with van der Waals surface area (Å²) in [5.74, 6) is 1.00. The SMILES string of the molecule is N#CC1CCCC1NC(c1ccccc1)C1CC1. The molecule has 2 aliphatic rings. The standard InChI is InChI=1S/C16H20N2/c17-11-14-7-4-8-15(14)18-16(13-9-10-13)12-5-2-1-3-6-12/h1-3,5-6,13-16,18H,4,7-10H2. The van der Waals surface area contributed by atoms with Crippen molar-refractivity contribution in [2.75, 3.05) is 0 Å². The van der Waals surface area contributed by atoms with Gasteiger partial charge in [0.15, 0.2) is 0 Å². The van der Waals surface area contributed by atoms with Crippen LogP contribution in [0, 0.1) is 23.2 Å². The summed E-state index contributed by atoms with van der Waals surface area (Å²) >= 11 is 0. The van der Waals surface area contributed by atoms with Gasteiger partial charge in [0.25, 0.3) is 0 Å². The maximum Gasteiger partial charge on any atom is 0.0672 e. The Kier molecular flexibility index (Phi) is 3.34. The van der Waals surface area contributed by atoms with Gasteiger partial charge in [-0.1, -0.05) is 36.8 Å². The van der Waals surface area contributed by atoms with Gasteiger partial charge in [0.05, 0.1) is 12.0 Å². The van der Waals surface area contributed by atoms with E-state index in [1.54, 1.807) is 0 Å². The Morgan fingerprint density at radius 1 is 1.11 bits per heavy atom. The minimum Gasteiger partial charge on any atom is -0.306 e. The highest BCUT2D eigenvalue weighted by molar-refractivity contribution is 5.21. The number of hydrogen-bond donors (Lipinski definition) is 1. The van der Waals surface area contributed by atoms with Gasteiger partial charge in [0.2, 0.25) is 0 Å². The molecule has 2 nitrogen and oxygen atoms in total. The molecule has 2 heteroatoms. The van der Waals surface area contributed by atoms with Crippen LogP contribution in [0.1, 0.15) is 43.7 Å². The third-order valence-corrected chi connectivity index (χ3v) is 4.33. The van der Waals surface area contributed by atoms with E-state index in [9.17, 15) is 5.26 Å². The van der Waals surface area contributed by atoms with E-state index < -0.39 is 0 Å². The highest BCUT2D eigenvalue weighted by atomic mass is 15.0. The molecule has 3 rings (SSSR count). The van der Waals surface area contributed by atoms with Crippen molar-refractivity contribution in [2.45, 2.75) is 44.2 Å². The van der Waals surface area contributed by atoms with Gasteiger partial charge in [0.1, 0.15) is 0 Å². The molecule has 2 saturated carbocycles. The van der Waals surface area contributed by atoms with Crippen molar-refractivity contribution in [2.24, 2.45) is 11.8 Å². The quantitative estimate of drug-likeness (QED) is 0.875. The lowest BCUT2D eigenvalue weighted by molar-refractivity contribution is 0.375. The molecule has 0 aliphatic heterocycles. The van der Waals surface area contributed by atoms with E-state index in [0.29, 0.717) is 12.1 Å². The molecular weight excluding hydrogens is 220 g/mol. The predicted octanol–water partition coefficient (Wildman–Crippen LogP) is 3.42. The van der Waals surface area contributed by atoms with Crippen LogP contribution in [0.25, 0.3) is 0 Å². The van der Waals surface area contributed by atoms with Gasteiger partial charge >= 0.3 is 0 Å². The van der Waals surface area contributed by atoms with E-state index >= 15 is 0 Å². The fourth-order valence-electron chi connectivity index (χ4n) is 3.14. The van der Waals surface area contributed by atoms with Crippen LogP contribution >= 0.6 is 0 Å². The Bertz CT molecular complexity index is 430. The normalized spacial score (nSPS) is 28.8. The fourth-order valence-corrected chi connectivity index (χ4v) is 3.14. The number of nitrogens with zero attached hydrogens (tertiary/aromatic N) is 1. The summed E-state index contributed by atoms with van der Waals surface area (Å²) < 4.78 is 0. The first kappa shape index (κ1) is 11.7. The van der Waals surface area contributed by atoms with Crippen LogP contribution in [0.5, 0.6) is 0 Å². The van der Waals surface area contributed by atoms with E-state index in [2.05, 4.69) is 41.7 Å². The minimum absolute atomic E-state index is 0.218. The van der Waals surface area contributed by atoms with Gasteiger partial charge in [-0.2, -0.15) is 5.26 Å². The lowest BCUT2D eigenvalue weighted by atomic mass is 9.98. The van der Waals surface area contributed by atoms with Gasteiger partial charge in [0, 0.05) is 12.1 Å². The lowest BCUT2D eigenvalue weighted by Crippen LogP contribution is -2.36. The molecule has 2 fully saturated rings. The molecule has 0 aromatic heterocycles. The van der Waals surface area contributed by atoms with Crippen molar-refractivity contribution in [3.05, 3.63) is 35.9 Å². The number of nitriles is 1. The smallest absolute Gasteiger partial charge is 0.0672 e. The predicted molar refractivity (Wildman–Crippen MR) is 71.8 cm³/mol. The van der Waals surface area contributed by atoms with Crippen LogP contribution in [-0.2, 0) is 0 Å². The van der Waals surface area contributed by atoms with Crippen molar-refractivity contribution in [3.63, 3.8) is 0 Å². The number of hydrogen-bond acceptors (Lipinski definition) is 2. The van der Waals surface area contributed by atoms with Crippen molar-refractivity contribution in [1.82, 2.24) is 5.32 Å². The number of rotatable bonds is 4. The van der Waals surface area contributed by atoms with E-state index in [0.717, 1.165) is 18.8 Å². The van der Waals surface area contributed by atoms with Gasteiger partial charge < -0.3 is 5.32 Å². The molecule has 1 aromatic carbocycles. The van der Waals surface area contributed by atoms with E-state index in [-0.39, 0.29) is 5.92 Å². The zero-order chi connectivity index (χ0) is 12.4. The summed E-state index contributed by atoms with van der Waals surface area (Å²) in [6, 6.07) is 14.1. The zero-order valence-electron chi connectivity index (χ0n) is 10.7. The Morgan fingerprint density at radius 2 is 1.89 bits per heavy atom. The summed E-state index contributed by atoms with van der Waals surface area (Å²) in [5, 5.41) is 13.0. The first-order chi connectivity index (χ1) is 8.88. The lowest BCUT2D eigenvalue weighted by Gasteiger charge is -2.25. The first-order valence-corrected chi connectivity index (χ1v) is 7.09. The third kappa shape index (κ3) is 2.42. The van der Waals surface area contributed by atoms with Gasteiger partial charge in [-0.15, -0.1) is 0 Å². The first-order valence-electron chi connectivity index (χ1n) is 7.09. The van der Waals surface area contributed by atoms with E-state index in [1.165, 1.54) is 24.8 Å². The summed E-state index contributed by atoms with van der Waals surface area (Å²) in [5.41, 5.74) is 1.39. The molecule has 3 atom stereocenters. The summed E-state index contributed by atoms with van der Waals surface area (Å²) in [6.07, 6.45) is 6.09. The summed E-state index contributed by atoms with van der Waals surface area (Å²) in [7, 11) is 0. The molecule has 1 N–H and O–H groups in total. The maximum absolute atomic E-state index is 9.18. The van der Waals surface area contributed by atoms with Crippen molar-refractivity contribution in [1.29, 1.82) is 5.26 Å². The second-order valence-corrected chi connectivity index (χ2v) is 5.67. The Hall–Kier alpha value is -1.33. The molecule has 0 spiro atoms.